The van der Waals surface area contributed by atoms with Crippen LogP contribution in [0.25, 0.3) is 6.08 Å². The smallest absolute Gasteiger partial charge is 0.137 e. The van der Waals surface area contributed by atoms with E-state index < -0.39 is 0 Å². The van der Waals surface area contributed by atoms with Crippen molar-refractivity contribution >= 4 is 17.7 Å². The lowest BCUT2D eigenvalue weighted by molar-refractivity contribution is 0.415. The molecule has 0 amide bonds. The van der Waals surface area contributed by atoms with Crippen molar-refractivity contribution in [3.8, 4) is 5.75 Å². The molecule has 2 nitrogen and oxygen atoms in total. The SMILES string of the molecule is CCC(=Cc1ccc(OC)c(Cl)c1)CNC(C)(C)C. The van der Waals surface area contributed by atoms with Gasteiger partial charge in [0, 0.05) is 12.1 Å². The third-order valence-electron chi connectivity index (χ3n) is 2.85. The highest BCUT2D eigenvalue weighted by Gasteiger charge is 2.09. The second-order valence-corrected chi connectivity index (χ2v) is 6.06. The zero-order valence-corrected chi connectivity index (χ0v) is 13.3. The van der Waals surface area contributed by atoms with E-state index in [1.54, 1.807) is 7.11 Å². The molecule has 0 aromatic heterocycles. The first-order valence-corrected chi connectivity index (χ1v) is 7.01. The fourth-order valence-electron chi connectivity index (χ4n) is 1.66. The van der Waals surface area contributed by atoms with Crippen molar-refractivity contribution in [1.29, 1.82) is 0 Å². The molecule has 1 rings (SSSR count). The van der Waals surface area contributed by atoms with Gasteiger partial charge >= 0.3 is 0 Å². The van der Waals surface area contributed by atoms with E-state index in [2.05, 4.69) is 39.1 Å². The maximum Gasteiger partial charge on any atom is 0.137 e. The van der Waals surface area contributed by atoms with Crippen LogP contribution in [-0.2, 0) is 0 Å². The van der Waals surface area contributed by atoms with Crippen molar-refractivity contribution < 1.29 is 4.74 Å². The summed E-state index contributed by atoms with van der Waals surface area (Å²) in [4.78, 5) is 0. The minimum absolute atomic E-state index is 0.131. The van der Waals surface area contributed by atoms with Gasteiger partial charge in [-0.25, -0.2) is 0 Å². The lowest BCUT2D eigenvalue weighted by atomic mass is 10.1. The molecule has 0 fully saturated rings. The van der Waals surface area contributed by atoms with Gasteiger partial charge in [0.05, 0.1) is 12.1 Å². The van der Waals surface area contributed by atoms with E-state index in [-0.39, 0.29) is 5.54 Å². The predicted molar refractivity (Wildman–Crippen MR) is 84.0 cm³/mol. The van der Waals surface area contributed by atoms with Crippen LogP contribution in [-0.4, -0.2) is 19.2 Å². The Labute approximate surface area is 121 Å². The van der Waals surface area contributed by atoms with Crippen LogP contribution in [0.3, 0.4) is 0 Å². The molecule has 0 saturated carbocycles. The van der Waals surface area contributed by atoms with Gasteiger partial charge in [0.1, 0.15) is 5.75 Å². The number of rotatable bonds is 5. The first-order valence-electron chi connectivity index (χ1n) is 6.63. The number of hydrogen-bond acceptors (Lipinski definition) is 2. The lowest BCUT2D eigenvalue weighted by Gasteiger charge is -2.21. The van der Waals surface area contributed by atoms with Crippen LogP contribution < -0.4 is 10.1 Å². The summed E-state index contributed by atoms with van der Waals surface area (Å²) in [7, 11) is 1.63. The Balaban J connectivity index is 2.83. The van der Waals surface area contributed by atoms with Crippen molar-refractivity contribution in [3.63, 3.8) is 0 Å². The quantitative estimate of drug-likeness (QED) is 0.856. The van der Waals surface area contributed by atoms with Gasteiger partial charge in [-0.05, 0) is 44.9 Å². The third kappa shape index (κ3) is 5.66. The van der Waals surface area contributed by atoms with Crippen LogP contribution in [0.5, 0.6) is 5.75 Å². The summed E-state index contributed by atoms with van der Waals surface area (Å²) in [6.45, 7) is 9.57. The normalized spacial score (nSPS) is 12.6. The van der Waals surface area contributed by atoms with Crippen LogP contribution in [0.2, 0.25) is 5.02 Å². The van der Waals surface area contributed by atoms with E-state index in [9.17, 15) is 0 Å². The van der Waals surface area contributed by atoms with Gasteiger partial charge in [-0.2, -0.15) is 0 Å². The van der Waals surface area contributed by atoms with E-state index >= 15 is 0 Å². The number of nitrogens with one attached hydrogen (secondary N) is 1. The van der Waals surface area contributed by atoms with Gasteiger partial charge in [0.15, 0.2) is 0 Å². The Bertz CT molecular complexity index is 447. The maximum atomic E-state index is 6.14. The minimum atomic E-state index is 0.131. The van der Waals surface area contributed by atoms with Gasteiger partial charge in [-0.1, -0.05) is 36.2 Å². The van der Waals surface area contributed by atoms with Crippen LogP contribution in [0.15, 0.2) is 23.8 Å². The zero-order valence-electron chi connectivity index (χ0n) is 12.5. The van der Waals surface area contributed by atoms with E-state index in [0.29, 0.717) is 10.8 Å². The maximum absolute atomic E-state index is 6.14. The molecule has 0 atom stereocenters. The minimum Gasteiger partial charge on any atom is -0.495 e. The number of hydrogen-bond donors (Lipinski definition) is 1. The average Bonchev–Trinajstić information content (AvgIpc) is 2.33. The summed E-state index contributed by atoms with van der Waals surface area (Å²) in [5.74, 6) is 0.713. The predicted octanol–water partition coefficient (Wildman–Crippen LogP) is 4.53. The molecule has 0 aliphatic rings. The van der Waals surface area contributed by atoms with E-state index in [4.69, 9.17) is 16.3 Å². The van der Waals surface area contributed by atoms with Gasteiger partial charge in [0.2, 0.25) is 0 Å². The van der Waals surface area contributed by atoms with Gasteiger partial charge in [-0.15, -0.1) is 0 Å². The van der Waals surface area contributed by atoms with Crippen LogP contribution >= 0.6 is 11.6 Å². The highest BCUT2D eigenvalue weighted by molar-refractivity contribution is 6.32. The van der Waals surface area contributed by atoms with Crippen molar-refractivity contribution in [3.05, 3.63) is 34.4 Å². The van der Waals surface area contributed by atoms with E-state index in [1.807, 2.05) is 18.2 Å². The summed E-state index contributed by atoms with van der Waals surface area (Å²) in [5, 5.41) is 4.15. The molecule has 0 spiro atoms. The second-order valence-electron chi connectivity index (χ2n) is 5.65. The summed E-state index contributed by atoms with van der Waals surface area (Å²) in [5.41, 5.74) is 2.60. The van der Waals surface area contributed by atoms with Crippen LogP contribution in [0.4, 0.5) is 0 Å². The molecule has 0 bridgehead atoms. The van der Waals surface area contributed by atoms with Gasteiger partial charge in [-0.3, -0.25) is 0 Å². The van der Waals surface area contributed by atoms with Gasteiger partial charge < -0.3 is 10.1 Å². The molecular weight excluding hydrogens is 258 g/mol. The number of benzene rings is 1. The lowest BCUT2D eigenvalue weighted by Crippen LogP contribution is -2.36. The molecule has 19 heavy (non-hydrogen) atoms. The topological polar surface area (TPSA) is 21.3 Å². The Hall–Kier alpha value is -0.990. The summed E-state index contributed by atoms with van der Waals surface area (Å²) >= 11 is 6.14. The first-order chi connectivity index (χ1) is 8.85. The molecule has 0 aliphatic heterocycles. The summed E-state index contributed by atoms with van der Waals surface area (Å²) in [6.07, 6.45) is 3.21. The monoisotopic (exact) mass is 281 g/mol. The molecule has 0 radical (unpaired) electrons. The van der Waals surface area contributed by atoms with Crippen molar-refractivity contribution in [2.75, 3.05) is 13.7 Å². The van der Waals surface area contributed by atoms with Crippen LogP contribution in [0.1, 0.15) is 39.7 Å². The summed E-state index contributed by atoms with van der Waals surface area (Å²) < 4.78 is 5.16. The Morgan fingerprint density at radius 1 is 1.37 bits per heavy atom. The van der Waals surface area contributed by atoms with Gasteiger partial charge in [0.25, 0.3) is 0 Å². The average molecular weight is 282 g/mol. The molecule has 1 N–H and O–H groups in total. The standard InChI is InChI=1S/C16H24ClNO/c1-6-12(11-18-16(2,3)4)9-13-7-8-15(19-5)14(17)10-13/h7-10,18H,6,11H2,1-5H3. The molecule has 0 saturated heterocycles. The van der Waals surface area contributed by atoms with E-state index in [1.165, 1.54) is 5.57 Å². The molecule has 3 heteroatoms. The zero-order chi connectivity index (χ0) is 14.5. The molecule has 0 heterocycles. The number of methoxy groups -OCH3 is 1. The molecule has 106 valence electrons. The van der Waals surface area contributed by atoms with Crippen molar-refractivity contribution in [2.24, 2.45) is 0 Å². The molecule has 0 unspecified atom stereocenters. The number of halogens is 1. The summed E-state index contributed by atoms with van der Waals surface area (Å²) in [6, 6.07) is 5.86. The number of ether oxygens (including phenoxy) is 1. The highest BCUT2D eigenvalue weighted by Crippen LogP contribution is 2.26. The van der Waals surface area contributed by atoms with Crippen LogP contribution in [0, 0.1) is 0 Å². The molecule has 0 aliphatic carbocycles. The first kappa shape index (κ1) is 16.1. The molecule has 1 aromatic rings. The fourth-order valence-corrected chi connectivity index (χ4v) is 1.93. The van der Waals surface area contributed by atoms with Crippen molar-refractivity contribution in [2.45, 2.75) is 39.7 Å². The van der Waals surface area contributed by atoms with E-state index in [0.717, 1.165) is 18.5 Å². The fraction of sp³-hybridized carbons (Fsp3) is 0.500. The third-order valence-corrected chi connectivity index (χ3v) is 3.14. The second kappa shape index (κ2) is 6.97. The largest absolute Gasteiger partial charge is 0.495 e. The highest BCUT2D eigenvalue weighted by atomic mass is 35.5. The molecular formula is C16H24ClNO. The Morgan fingerprint density at radius 3 is 2.53 bits per heavy atom. The Kier molecular flexibility index (Phi) is 5.89. The Morgan fingerprint density at radius 2 is 2.05 bits per heavy atom. The van der Waals surface area contributed by atoms with Crippen molar-refractivity contribution in [1.82, 2.24) is 5.32 Å². The molecule has 1 aromatic carbocycles.